The highest BCUT2D eigenvalue weighted by molar-refractivity contribution is 5.99. The van der Waals surface area contributed by atoms with E-state index in [4.69, 9.17) is 5.73 Å². The zero-order valence-corrected chi connectivity index (χ0v) is 15.2. The number of primary amides is 1. The van der Waals surface area contributed by atoms with Crippen LogP contribution in [0.5, 0.6) is 0 Å². The van der Waals surface area contributed by atoms with Gasteiger partial charge in [-0.05, 0) is 38.8 Å². The van der Waals surface area contributed by atoms with Crippen molar-refractivity contribution in [1.29, 1.82) is 0 Å². The molecule has 6 heteroatoms. The molecule has 0 aromatic heterocycles. The fourth-order valence-electron chi connectivity index (χ4n) is 4.11. The molecule has 138 valence electrons. The van der Waals surface area contributed by atoms with Crippen molar-refractivity contribution in [1.82, 2.24) is 9.80 Å². The molecule has 0 spiro atoms. The smallest absolute Gasteiger partial charge is 0.253 e. The van der Waals surface area contributed by atoms with Gasteiger partial charge in [-0.3, -0.25) is 14.6 Å². The quantitative estimate of drug-likeness (QED) is 0.903. The summed E-state index contributed by atoms with van der Waals surface area (Å²) in [6, 6.07) is 5.93. The van der Waals surface area contributed by atoms with Crippen molar-refractivity contribution in [3.05, 3.63) is 29.6 Å². The highest BCUT2D eigenvalue weighted by Crippen LogP contribution is 2.27. The number of halogens is 1. The summed E-state index contributed by atoms with van der Waals surface area (Å²) >= 11 is 0. The Kier molecular flexibility index (Phi) is 5.59. The minimum Gasteiger partial charge on any atom is -0.371 e. The molecule has 0 saturated carbocycles. The third-order valence-electron chi connectivity index (χ3n) is 5.64. The predicted molar refractivity (Wildman–Crippen MR) is 98.4 cm³/mol. The van der Waals surface area contributed by atoms with E-state index < -0.39 is 11.7 Å². The molecule has 0 radical (unpaired) electrons. The van der Waals surface area contributed by atoms with Gasteiger partial charge in [0.2, 0.25) is 0 Å². The van der Waals surface area contributed by atoms with Gasteiger partial charge in [0.25, 0.3) is 5.91 Å². The van der Waals surface area contributed by atoms with Crippen molar-refractivity contribution in [2.75, 3.05) is 44.2 Å². The van der Waals surface area contributed by atoms with Crippen LogP contribution in [0, 0.1) is 5.82 Å². The molecular formula is C19H29FN4O. The zero-order valence-electron chi connectivity index (χ0n) is 15.2. The maximum atomic E-state index is 14.0. The summed E-state index contributed by atoms with van der Waals surface area (Å²) in [5, 5.41) is 0. The van der Waals surface area contributed by atoms with E-state index in [2.05, 4.69) is 28.5 Å². The molecule has 2 fully saturated rings. The lowest BCUT2D eigenvalue weighted by molar-refractivity contribution is 0.0692. The normalized spacial score (nSPS) is 21.0. The largest absolute Gasteiger partial charge is 0.371 e. The van der Waals surface area contributed by atoms with Gasteiger partial charge in [0.05, 0.1) is 11.3 Å². The van der Waals surface area contributed by atoms with E-state index in [-0.39, 0.29) is 5.56 Å². The number of hydrogen-bond donors (Lipinski definition) is 1. The first-order valence-electron chi connectivity index (χ1n) is 9.28. The Morgan fingerprint density at radius 3 is 2.32 bits per heavy atom. The molecule has 2 saturated heterocycles. The minimum absolute atomic E-state index is 0.0199. The average molecular weight is 348 g/mol. The van der Waals surface area contributed by atoms with Gasteiger partial charge < -0.3 is 10.6 Å². The molecule has 2 aliphatic heterocycles. The van der Waals surface area contributed by atoms with Gasteiger partial charge >= 0.3 is 0 Å². The summed E-state index contributed by atoms with van der Waals surface area (Å²) in [7, 11) is 0. The number of piperazine rings is 1. The molecule has 2 N–H and O–H groups in total. The lowest BCUT2D eigenvalue weighted by Gasteiger charge is -2.44. The summed E-state index contributed by atoms with van der Waals surface area (Å²) < 4.78 is 14.0. The van der Waals surface area contributed by atoms with Crippen LogP contribution >= 0.6 is 0 Å². The van der Waals surface area contributed by atoms with E-state index in [0.29, 0.717) is 17.8 Å². The number of nitrogens with two attached hydrogens (primary N) is 1. The van der Waals surface area contributed by atoms with Gasteiger partial charge in [0, 0.05) is 51.4 Å². The SMILES string of the molecule is CC(C)N1CCN(C2CCN(c3cccc(F)c3C(N)=O)CC2)CC1. The summed E-state index contributed by atoms with van der Waals surface area (Å²) in [4.78, 5) is 18.8. The van der Waals surface area contributed by atoms with Crippen molar-refractivity contribution in [2.45, 2.75) is 38.8 Å². The molecule has 5 nitrogen and oxygen atoms in total. The van der Waals surface area contributed by atoms with E-state index in [1.807, 2.05) is 0 Å². The molecule has 3 rings (SSSR count). The Morgan fingerprint density at radius 2 is 1.76 bits per heavy atom. The summed E-state index contributed by atoms with van der Waals surface area (Å²) in [6.45, 7) is 10.7. The summed E-state index contributed by atoms with van der Waals surface area (Å²) in [5.74, 6) is -1.23. The second-order valence-corrected chi connectivity index (χ2v) is 7.38. The molecule has 1 aromatic rings. The lowest BCUT2D eigenvalue weighted by Crippen LogP contribution is -2.54. The Morgan fingerprint density at radius 1 is 1.12 bits per heavy atom. The summed E-state index contributed by atoms with van der Waals surface area (Å²) in [5.41, 5.74) is 6.04. The van der Waals surface area contributed by atoms with Gasteiger partial charge in [-0.15, -0.1) is 0 Å². The number of piperidine rings is 1. The van der Waals surface area contributed by atoms with Gasteiger partial charge in [-0.1, -0.05) is 6.07 Å². The monoisotopic (exact) mass is 348 g/mol. The van der Waals surface area contributed by atoms with E-state index in [9.17, 15) is 9.18 Å². The molecule has 2 aliphatic rings. The third-order valence-corrected chi connectivity index (χ3v) is 5.64. The van der Waals surface area contributed by atoms with E-state index in [1.165, 1.54) is 6.07 Å². The Hall–Kier alpha value is -1.66. The second-order valence-electron chi connectivity index (χ2n) is 7.38. The molecule has 1 amide bonds. The maximum absolute atomic E-state index is 14.0. The van der Waals surface area contributed by atoms with E-state index in [0.717, 1.165) is 52.1 Å². The van der Waals surface area contributed by atoms with Crippen LogP contribution in [-0.2, 0) is 0 Å². The zero-order chi connectivity index (χ0) is 18.0. The number of carbonyl (C=O) groups is 1. The van der Waals surface area contributed by atoms with Crippen LogP contribution in [0.25, 0.3) is 0 Å². The van der Waals surface area contributed by atoms with Crippen LogP contribution in [0.3, 0.4) is 0 Å². The van der Waals surface area contributed by atoms with Gasteiger partial charge in [0.15, 0.2) is 0 Å². The van der Waals surface area contributed by atoms with E-state index >= 15 is 0 Å². The highest BCUT2D eigenvalue weighted by atomic mass is 19.1. The van der Waals surface area contributed by atoms with Gasteiger partial charge in [0.1, 0.15) is 5.82 Å². The Balaban J connectivity index is 1.60. The molecule has 0 unspecified atom stereocenters. The number of carbonyl (C=O) groups excluding carboxylic acids is 1. The fraction of sp³-hybridized carbons (Fsp3) is 0.632. The molecular weight excluding hydrogens is 319 g/mol. The van der Waals surface area contributed by atoms with Crippen LogP contribution in [0.2, 0.25) is 0 Å². The van der Waals surface area contributed by atoms with Crippen LogP contribution in [0.15, 0.2) is 18.2 Å². The average Bonchev–Trinajstić information content (AvgIpc) is 2.61. The van der Waals surface area contributed by atoms with Crippen LogP contribution in [0.4, 0.5) is 10.1 Å². The van der Waals surface area contributed by atoms with Crippen molar-refractivity contribution >= 4 is 11.6 Å². The van der Waals surface area contributed by atoms with Crippen LogP contribution in [-0.4, -0.2) is 67.1 Å². The number of anilines is 1. The van der Waals surface area contributed by atoms with Crippen LogP contribution < -0.4 is 10.6 Å². The Labute approximate surface area is 149 Å². The molecule has 0 bridgehead atoms. The number of nitrogens with zero attached hydrogens (tertiary/aromatic N) is 3. The van der Waals surface area contributed by atoms with Gasteiger partial charge in [-0.2, -0.15) is 0 Å². The molecule has 2 heterocycles. The number of amides is 1. The number of hydrogen-bond acceptors (Lipinski definition) is 4. The first-order valence-corrected chi connectivity index (χ1v) is 9.28. The van der Waals surface area contributed by atoms with E-state index in [1.54, 1.807) is 12.1 Å². The van der Waals surface area contributed by atoms with Crippen LogP contribution in [0.1, 0.15) is 37.0 Å². The van der Waals surface area contributed by atoms with Gasteiger partial charge in [-0.25, -0.2) is 4.39 Å². The number of benzene rings is 1. The maximum Gasteiger partial charge on any atom is 0.253 e. The minimum atomic E-state index is -0.694. The second kappa shape index (κ2) is 7.70. The predicted octanol–water partition coefficient (Wildman–Crippen LogP) is 1.92. The van der Waals surface area contributed by atoms with Crippen molar-refractivity contribution < 1.29 is 9.18 Å². The third kappa shape index (κ3) is 3.96. The molecule has 25 heavy (non-hydrogen) atoms. The Bertz CT molecular complexity index is 605. The molecule has 0 atom stereocenters. The molecule has 0 aliphatic carbocycles. The topological polar surface area (TPSA) is 52.8 Å². The van der Waals surface area contributed by atoms with Crippen molar-refractivity contribution in [2.24, 2.45) is 5.73 Å². The number of rotatable bonds is 4. The first-order chi connectivity index (χ1) is 12.0. The van der Waals surface area contributed by atoms with Crippen molar-refractivity contribution in [3.63, 3.8) is 0 Å². The standard InChI is InChI=1S/C19H29FN4O/c1-14(2)22-10-12-23(13-11-22)15-6-8-24(9-7-15)17-5-3-4-16(20)18(17)19(21)25/h3-5,14-15H,6-13H2,1-2H3,(H2,21,25). The first kappa shape index (κ1) is 18.1. The fourth-order valence-corrected chi connectivity index (χ4v) is 4.11. The summed E-state index contributed by atoms with van der Waals surface area (Å²) in [6.07, 6.45) is 2.08. The lowest BCUT2D eigenvalue weighted by atomic mass is 10.00. The highest BCUT2D eigenvalue weighted by Gasteiger charge is 2.29. The van der Waals surface area contributed by atoms with Crippen molar-refractivity contribution in [3.8, 4) is 0 Å². The molecule has 1 aromatic carbocycles.